The van der Waals surface area contributed by atoms with Gasteiger partial charge in [0, 0.05) is 31.3 Å². The summed E-state index contributed by atoms with van der Waals surface area (Å²) < 4.78 is 0. The highest BCUT2D eigenvalue weighted by molar-refractivity contribution is 5.95. The highest BCUT2D eigenvalue weighted by Gasteiger charge is 2.26. The van der Waals surface area contributed by atoms with Crippen molar-refractivity contribution in [1.29, 1.82) is 0 Å². The molecule has 0 radical (unpaired) electrons. The van der Waals surface area contributed by atoms with Gasteiger partial charge in [0.15, 0.2) is 0 Å². The Morgan fingerprint density at radius 2 is 2.04 bits per heavy atom. The molecule has 2 aromatic rings. The topological polar surface area (TPSA) is 87.5 Å². The summed E-state index contributed by atoms with van der Waals surface area (Å²) in [5.41, 5.74) is 1.73. The van der Waals surface area contributed by atoms with Crippen LogP contribution in [0.4, 0.5) is 11.4 Å². The monoisotopic (exact) mass is 382 g/mol. The minimum Gasteiger partial charge on any atom is -0.375 e. The van der Waals surface area contributed by atoms with Gasteiger partial charge in [-0.15, -0.1) is 0 Å². The fourth-order valence-corrected chi connectivity index (χ4v) is 3.65. The van der Waals surface area contributed by atoms with Crippen molar-refractivity contribution in [3.63, 3.8) is 0 Å². The van der Waals surface area contributed by atoms with Gasteiger partial charge in [0.2, 0.25) is 0 Å². The first-order valence-electron chi connectivity index (χ1n) is 9.58. The number of carbonyl (C=O) groups excluding carboxylic acids is 1. The molecular weight excluding hydrogens is 356 g/mol. The zero-order chi connectivity index (χ0) is 19.9. The number of benzene rings is 2. The molecule has 1 saturated heterocycles. The molecule has 7 heteroatoms. The lowest BCUT2D eigenvalue weighted by molar-refractivity contribution is -0.384. The van der Waals surface area contributed by atoms with E-state index in [1.165, 1.54) is 6.07 Å². The molecule has 1 fully saturated rings. The molecule has 1 unspecified atom stereocenters. The maximum Gasteiger partial charge on any atom is 0.293 e. The first-order valence-corrected chi connectivity index (χ1v) is 9.58. The summed E-state index contributed by atoms with van der Waals surface area (Å²) in [5, 5.41) is 17.8. The van der Waals surface area contributed by atoms with Crippen LogP contribution >= 0.6 is 0 Å². The third-order valence-corrected chi connectivity index (χ3v) is 5.07. The van der Waals surface area contributed by atoms with Crippen LogP contribution in [0.2, 0.25) is 0 Å². The third-order valence-electron chi connectivity index (χ3n) is 5.07. The molecule has 1 amide bonds. The van der Waals surface area contributed by atoms with E-state index < -0.39 is 4.92 Å². The number of rotatable bonds is 7. The van der Waals surface area contributed by atoms with Crippen LogP contribution in [0.1, 0.15) is 28.8 Å². The number of piperidine rings is 1. The predicted octanol–water partition coefficient (Wildman–Crippen LogP) is 3.28. The Labute approximate surface area is 164 Å². The molecule has 1 aliphatic heterocycles. The molecule has 1 heterocycles. The highest BCUT2D eigenvalue weighted by Crippen LogP contribution is 2.27. The van der Waals surface area contributed by atoms with Crippen LogP contribution in [0.25, 0.3) is 0 Å². The van der Waals surface area contributed by atoms with E-state index in [0.29, 0.717) is 36.8 Å². The van der Waals surface area contributed by atoms with Gasteiger partial charge in [-0.1, -0.05) is 30.3 Å². The molecule has 1 atom stereocenters. The van der Waals surface area contributed by atoms with Crippen molar-refractivity contribution in [2.75, 3.05) is 32.0 Å². The van der Waals surface area contributed by atoms with Crippen LogP contribution in [0.15, 0.2) is 48.5 Å². The van der Waals surface area contributed by atoms with E-state index in [-0.39, 0.29) is 11.6 Å². The second-order valence-corrected chi connectivity index (χ2v) is 7.15. The van der Waals surface area contributed by atoms with Crippen molar-refractivity contribution >= 4 is 17.3 Å². The van der Waals surface area contributed by atoms with Gasteiger partial charge in [0.25, 0.3) is 11.6 Å². The number of nitrogens with zero attached hydrogens (tertiary/aromatic N) is 2. The van der Waals surface area contributed by atoms with Crippen molar-refractivity contribution in [3.05, 3.63) is 69.8 Å². The van der Waals surface area contributed by atoms with Crippen molar-refractivity contribution in [2.24, 2.45) is 5.92 Å². The molecular formula is C21H26N4O3. The number of amides is 1. The Kier molecular flexibility index (Phi) is 6.60. The van der Waals surface area contributed by atoms with E-state index in [0.717, 1.165) is 24.9 Å². The summed E-state index contributed by atoms with van der Waals surface area (Å²) in [6.45, 7) is 2.72. The number of likely N-dealkylation sites (tertiary alicyclic amines) is 1. The molecule has 0 aliphatic carbocycles. The van der Waals surface area contributed by atoms with Crippen LogP contribution in [0.5, 0.6) is 0 Å². The number of nitro benzene ring substituents is 1. The summed E-state index contributed by atoms with van der Waals surface area (Å²) in [6.07, 6.45) is 2.05. The van der Waals surface area contributed by atoms with Crippen LogP contribution in [-0.4, -0.2) is 42.4 Å². The molecule has 2 N–H and O–H groups in total. The number of hydrogen-bond acceptors (Lipinski definition) is 5. The Morgan fingerprint density at radius 3 is 2.75 bits per heavy atom. The highest BCUT2D eigenvalue weighted by atomic mass is 16.6. The molecule has 3 rings (SSSR count). The Balaban J connectivity index is 1.74. The van der Waals surface area contributed by atoms with Crippen molar-refractivity contribution in [3.8, 4) is 0 Å². The van der Waals surface area contributed by atoms with Gasteiger partial charge < -0.3 is 15.5 Å². The standard InChI is InChI=1S/C21H26N4O3/c1-22-13-17-8-5-11-24(15-17)21(26)18-9-10-19(20(12-18)25(27)28)23-14-16-6-3-2-4-7-16/h2-4,6-7,9-10,12,17,22-23H,5,8,11,13-15H2,1H3. The fourth-order valence-electron chi connectivity index (χ4n) is 3.65. The smallest absolute Gasteiger partial charge is 0.293 e. The van der Waals surface area contributed by atoms with Crippen molar-refractivity contribution in [1.82, 2.24) is 10.2 Å². The molecule has 0 bridgehead atoms. The second kappa shape index (κ2) is 9.32. The zero-order valence-electron chi connectivity index (χ0n) is 16.1. The Morgan fingerprint density at radius 1 is 1.25 bits per heavy atom. The van der Waals surface area contributed by atoms with E-state index in [2.05, 4.69) is 10.6 Å². The van der Waals surface area contributed by atoms with Gasteiger partial charge in [-0.05, 0) is 50.0 Å². The molecule has 1 aliphatic rings. The normalized spacial score (nSPS) is 16.6. The molecule has 0 spiro atoms. The van der Waals surface area contributed by atoms with Crippen LogP contribution in [0, 0.1) is 16.0 Å². The van der Waals surface area contributed by atoms with Gasteiger partial charge in [0.05, 0.1) is 4.92 Å². The maximum atomic E-state index is 12.9. The van der Waals surface area contributed by atoms with Gasteiger partial charge in [-0.3, -0.25) is 14.9 Å². The van der Waals surface area contributed by atoms with Crippen LogP contribution in [-0.2, 0) is 6.54 Å². The summed E-state index contributed by atoms with van der Waals surface area (Å²) in [7, 11) is 1.91. The van der Waals surface area contributed by atoms with Crippen molar-refractivity contribution in [2.45, 2.75) is 19.4 Å². The van der Waals surface area contributed by atoms with Gasteiger partial charge in [-0.2, -0.15) is 0 Å². The molecule has 28 heavy (non-hydrogen) atoms. The van der Waals surface area contributed by atoms with Crippen molar-refractivity contribution < 1.29 is 9.72 Å². The Hall–Kier alpha value is -2.93. The zero-order valence-corrected chi connectivity index (χ0v) is 16.1. The number of nitrogens with one attached hydrogen (secondary N) is 2. The lowest BCUT2D eigenvalue weighted by Crippen LogP contribution is -2.42. The quantitative estimate of drug-likeness (QED) is 0.567. The maximum absolute atomic E-state index is 12.9. The number of hydrogen-bond donors (Lipinski definition) is 2. The van der Waals surface area contributed by atoms with Crippen LogP contribution in [0.3, 0.4) is 0 Å². The molecule has 2 aromatic carbocycles. The van der Waals surface area contributed by atoms with E-state index in [1.54, 1.807) is 12.1 Å². The predicted molar refractivity (Wildman–Crippen MR) is 109 cm³/mol. The first-order chi connectivity index (χ1) is 13.6. The summed E-state index contributed by atoms with van der Waals surface area (Å²) >= 11 is 0. The Bertz CT molecular complexity index is 824. The summed E-state index contributed by atoms with van der Waals surface area (Å²) in [5.74, 6) is 0.281. The fraction of sp³-hybridized carbons (Fsp3) is 0.381. The first kappa shape index (κ1) is 19.8. The van der Waals surface area contributed by atoms with Gasteiger partial charge >= 0.3 is 0 Å². The number of anilines is 1. The number of nitro groups is 1. The van der Waals surface area contributed by atoms with E-state index in [1.807, 2.05) is 42.3 Å². The average Bonchev–Trinajstić information content (AvgIpc) is 2.73. The largest absolute Gasteiger partial charge is 0.375 e. The lowest BCUT2D eigenvalue weighted by atomic mass is 9.97. The van der Waals surface area contributed by atoms with E-state index in [4.69, 9.17) is 0 Å². The minimum absolute atomic E-state index is 0.0782. The molecule has 0 saturated carbocycles. The minimum atomic E-state index is -0.440. The summed E-state index contributed by atoms with van der Waals surface area (Å²) in [4.78, 5) is 25.8. The SMILES string of the molecule is CNCC1CCCN(C(=O)c2ccc(NCc3ccccc3)c([N+](=O)[O-])c2)C1. The second-order valence-electron chi connectivity index (χ2n) is 7.15. The van der Waals surface area contributed by atoms with Gasteiger partial charge in [0.1, 0.15) is 5.69 Å². The molecule has 7 nitrogen and oxygen atoms in total. The summed E-state index contributed by atoms with van der Waals surface area (Å²) in [6, 6.07) is 14.4. The van der Waals surface area contributed by atoms with Crippen LogP contribution < -0.4 is 10.6 Å². The van der Waals surface area contributed by atoms with E-state index in [9.17, 15) is 14.9 Å². The van der Waals surface area contributed by atoms with E-state index >= 15 is 0 Å². The molecule has 148 valence electrons. The molecule has 0 aromatic heterocycles. The number of carbonyl (C=O) groups is 1. The van der Waals surface area contributed by atoms with Gasteiger partial charge in [-0.25, -0.2) is 0 Å². The lowest BCUT2D eigenvalue weighted by Gasteiger charge is -2.32. The third kappa shape index (κ3) is 4.86. The average molecular weight is 382 g/mol.